The van der Waals surface area contributed by atoms with E-state index in [0.717, 1.165) is 12.1 Å². The lowest BCUT2D eigenvalue weighted by Gasteiger charge is -2.31. The Labute approximate surface area is 155 Å². The summed E-state index contributed by atoms with van der Waals surface area (Å²) < 4.78 is 43.1. The number of rotatable bonds is 6. The minimum atomic E-state index is -1.12. The fourth-order valence-corrected chi connectivity index (χ4v) is 2.78. The van der Waals surface area contributed by atoms with Crippen LogP contribution < -0.4 is 0 Å². The molecule has 1 amide bonds. The summed E-state index contributed by atoms with van der Waals surface area (Å²) in [4.78, 5) is 36.8. The Morgan fingerprint density at radius 3 is 2.52 bits per heavy atom. The maximum atomic E-state index is 14.2. The van der Waals surface area contributed by atoms with E-state index in [1.54, 1.807) is 6.92 Å². The largest absolute Gasteiger partial charge is 0.462 e. The fourth-order valence-electron chi connectivity index (χ4n) is 2.78. The van der Waals surface area contributed by atoms with E-state index < -0.39 is 41.1 Å². The molecule has 0 spiro atoms. The van der Waals surface area contributed by atoms with Gasteiger partial charge in [-0.1, -0.05) is 0 Å². The predicted octanol–water partition coefficient (Wildman–Crippen LogP) is 2.57. The van der Waals surface area contributed by atoms with E-state index >= 15 is 0 Å². The lowest BCUT2D eigenvalue weighted by atomic mass is 10.0. The molecule has 148 valence electrons. The van der Waals surface area contributed by atoms with Gasteiger partial charge in [0.15, 0.2) is 5.78 Å². The number of carbonyl (C=O) groups is 3. The molecular formula is C18H21F2NO6. The Bertz CT molecular complexity index is 701. The third-order valence-corrected chi connectivity index (χ3v) is 4.10. The SMILES string of the molecule is CCOC(=O)c1cc(F)c(C(=O)CC[C@H]2CN(C(=O)OC)CCO2)c(F)c1. The molecule has 1 aromatic carbocycles. The smallest absolute Gasteiger partial charge is 0.409 e. The van der Waals surface area contributed by atoms with E-state index in [9.17, 15) is 23.2 Å². The average molecular weight is 385 g/mol. The highest BCUT2D eigenvalue weighted by molar-refractivity contribution is 5.98. The van der Waals surface area contributed by atoms with Crippen LogP contribution in [0.3, 0.4) is 0 Å². The van der Waals surface area contributed by atoms with Gasteiger partial charge in [0.2, 0.25) is 0 Å². The molecule has 1 aliphatic heterocycles. The van der Waals surface area contributed by atoms with Crippen LogP contribution in [0.2, 0.25) is 0 Å². The van der Waals surface area contributed by atoms with Crippen LogP contribution in [0.15, 0.2) is 12.1 Å². The number of amides is 1. The predicted molar refractivity (Wildman–Crippen MR) is 89.6 cm³/mol. The number of nitrogens with zero attached hydrogens (tertiary/aromatic N) is 1. The zero-order valence-electron chi connectivity index (χ0n) is 15.1. The molecule has 7 nitrogen and oxygen atoms in total. The second-order valence-corrected chi connectivity index (χ2v) is 5.91. The Balaban J connectivity index is 2.01. The molecule has 9 heteroatoms. The molecule has 0 aromatic heterocycles. The van der Waals surface area contributed by atoms with Gasteiger partial charge in [0.1, 0.15) is 11.6 Å². The Morgan fingerprint density at radius 2 is 1.93 bits per heavy atom. The van der Waals surface area contributed by atoms with Gasteiger partial charge in [0.05, 0.1) is 44.1 Å². The first-order chi connectivity index (χ1) is 12.9. The van der Waals surface area contributed by atoms with Gasteiger partial charge in [-0.3, -0.25) is 4.79 Å². The molecule has 1 atom stereocenters. The highest BCUT2D eigenvalue weighted by Crippen LogP contribution is 2.20. The molecule has 1 aromatic rings. The molecule has 0 radical (unpaired) electrons. The summed E-state index contributed by atoms with van der Waals surface area (Å²) in [5.74, 6) is -3.86. The van der Waals surface area contributed by atoms with Gasteiger partial charge in [-0.25, -0.2) is 18.4 Å². The van der Waals surface area contributed by atoms with Crippen molar-refractivity contribution < 1.29 is 37.4 Å². The maximum Gasteiger partial charge on any atom is 0.409 e. The molecule has 0 saturated carbocycles. The van der Waals surface area contributed by atoms with Gasteiger partial charge in [0.25, 0.3) is 0 Å². The van der Waals surface area contributed by atoms with Crippen LogP contribution in [0.1, 0.15) is 40.5 Å². The quantitative estimate of drug-likeness (QED) is 0.553. The van der Waals surface area contributed by atoms with Crippen molar-refractivity contribution in [1.82, 2.24) is 4.90 Å². The molecule has 1 fully saturated rings. The highest BCUT2D eigenvalue weighted by atomic mass is 19.1. The van der Waals surface area contributed by atoms with E-state index in [4.69, 9.17) is 4.74 Å². The molecule has 0 N–H and O–H groups in total. The number of hydrogen-bond donors (Lipinski definition) is 0. The van der Waals surface area contributed by atoms with Gasteiger partial charge >= 0.3 is 12.1 Å². The minimum Gasteiger partial charge on any atom is -0.462 e. The lowest BCUT2D eigenvalue weighted by Crippen LogP contribution is -2.45. The van der Waals surface area contributed by atoms with Crippen LogP contribution >= 0.6 is 0 Å². The Kier molecular flexibility index (Phi) is 7.23. The summed E-state index contributed by atoms with van der Waals surface area (Å²) in [5, 5.41) is 0. The van der Waals surface area contributed by atoms with E-state index in [1.807, 2.05) is 0 Å². The molecule has 0 unspecified atom stereocenters. The van der Waals surface area contributed by atoms with E-state index in [2.05, 4.69) is 9.47 Å². The van der Waals surface area contributed by atoms with Crippen molar-refractivity contribution in [3.05, 3.63) is 34.9 Å². The second-order valence-electron chi connectivity index (χ2n) is 5.91. The topological polar surface area (TPSA) is 82.1 Å². The van der Waals surface area contributed by atoms with E-state index in [-0.39, 0.29) is 38.2 Å². The fraction of sp³-hybridized carbons (Fsp3) is 0.500. The van der Waals surface area contributed by atoms with Crippen molar-refractivity contribution in [2.24, 2.45) is 0 Å². The number of hydrogen-bond acceptors (Lipinski definition) is 6. The summed E-state index contributed by atoms with van der Waals surface area (Å²) in [6, 6.07) is 1.56. The molecular weight excluding hydrogens is 364 g/mol. The number of methoxy groups -OCH3 is 1. The van der Waals surface area contributed by atoms with Crippen LogP contribution in [-0.2, 0) is 14.2 Å². The van der Waals surface area contributed by atoms with E-state index in [0.29, 0.717) is 6.54 Å². The summed E-state index contributed by atoms with van der Waals surface area (Å²) in [5.41, 5.74) is -1.00. The van der Waals surface area contributed by atoms with Crippen LogP contribution in [-0.4, -0.2) is 62.3 Å². The third kappa shape index (κ3) is 5.22. The lowest BCUT2D eigenvalue weighted by molar-refractivity contribution is -0.0278. The third-order valence-electron chi connectivity index (χ3n) is 4.10. The average Bonchev–Trinajstić information content (AvgIpc) is 2.65. The first-order valence-electron chi connectivity index (χ1n) is 8.51. The number of Topliss-reactive ketones (excluding diaryl/α,β-unsaturated/α-hetero) is 1. The monoisotopic (exact) mass is 385 g/mol. The van der Waals surface area contributed by atoms with Crippen molar-refractivity contribution in [3.8, 4) is 0 Å². The van der Waals surface area contributed by atoms with Crippen molar-refractivity contribution in [2.45, 2.75) is 25.9 Å². The van der Waals surface area contributed by atoms with Crippen molar-refractivity contribution in [1.29, 1.82) is 0 Å². The molecule has 2 rings (SSSR count). The number of morpholine rings is 1. The van der Waals surface area contributed by atoms with Crippen LogP contribution in [0.4, 0.5) is 13.6 Å². The molecule has 1 aliphatic rings. The number of benzene rings is 1. The van der Waals surface area contributed by atoms with Gasteiger partial charge in [-0.05, 0) is 25.5 Å². The summed E-state index contributed by atoms with van der Waals surface area (Å²) in [6.45, 7) is 2.51. The standard InChI is InChI=1S/C18H21F2NO6/c1-3-26-17(23)11-8-13(19)16(14(20)9-11)15(22)5-4-12-10-21(6-7-27-12)18(24)25-2/h8-9,12H,3-7,10H2,1-2H3/t12-/m0/s1. The molecule has 1 saturated heterocycles. The normalized spacial score (nSPS) is 16.7. The number of esters is 1. The Hall–Kier alpha value is -2.55. The molecule has 0 bridgehead atoms. The van der Waals surface area contributed by atoms with E-state index in [1.165, 1.54) is 12.0 Å². The number of ketones is 1. The maximum absolute atomic E-state index is 14.2. The number of halogens is 2. The van der Waals surface area contributed by atoms with Gasteiger partial charge in [-0.15, -0.1) is 0 Å². The van der Waals surface area contributed by atoms with Crippen molar-refractivity contribution >= 4 is 17.8 Å². The zero-order valence-corrected chi connectivity index (χ0v) is 15.1. The Morgan fingerprint density at radius 1 is 1.26 bits per heavy atom. The van der Waals surface area contributed by atoms with Crippen molar-refractivity contribution in [3.63, 3.8) is 0 Å². The van der Waals surface area contributed by atoms with Crippen LogP contribution in [0, 0.1) is 11.6 Å². The molecule has 0 aliphatic carbocycles. The van der Waals surface area contributed by atoms with Gasteiger partial charge in [0, 0.05) is 13.0 Å². The first kappa shape index (κ1) is 20.8. The van der Waals surface area contributed by atoms with Gasteiger partial charge in [-0.2, -0.15) is 0 Å². The van der Waals surface area contributed by atoms with Crippen LogP contribution in [0.25, 0.3) is 0 Å². The zero-order chi connectivity index (χ0) is 20.0. The summed E-state index contributed by atoms with van der Waals surface area (Å²) in [7, 11) is 1.27. The second kappa shape index (κ2) is 9.40. The molecule has 1 heterocycles. The highest BCUT2D eigenvalue weighted by Gasteiger charge is 2.27. The summed E-state index contributed by atoms with van der Waals surface area (Å²) in [6.07, 6.45) is -0.926. The van der Waals surface area contributed by atoms with Crippen molar-refractivity contribution in [2.75, 3.05) is 33.4 Å². The van der Waals surface area contributed by atoms with Gasteiger partial charge < -0.3 is 19.1 Å². The first-order valence-corrected chi connectivity index (χ1v) is 8.51. The number of ether oxygens (including phenoxy) is 3. The number of carbonyl (C=O) groups excluding carboxylic acids is 3. The minimum absolute atomic E-state index is 0.0622. The van der Waals surface area contributed by atoms with Crippen LogP contribution in [0.5, 0.6) is 0 Å². The summed E-state index contributed by atoms with van der Waals surface area (Å²) >= 11 is 0. The molecule has 27 heavy (non-hydrogen) atoms.